The summed E-state index contributed by atoms with van der Waals surface area (Å²) >= 11 is 1.80. The van der Waals surface area contributed by atoms with Crippen LogP contribution in [-0.4, -0.2) is 42.2 Å². The number of hydrogen-bond donors (Lipinski definition) is 3. The number of sulfonamides is 1. The molecule has 1 saturated heterocycles. The SMILES string of the molecule is Cc1[nH]nc(S(=O)(=O)NC2CCCSC2)c1CNC1CC1. The second kappa shape index (κ2) is 6.28. The first kappa shape index (κ1) is 15.3. The molecule has 118 valence electrons. The van der Waals surface area contributed by atoms with E-state index in [1.807, 2.05) is 6.92 Å². The molecule has 2 heterocycles. The standard InChI is InChI=1S/C13H22N4O2S2/c1-9-12(7-14-10-4-5-10)13(16-15-9)21(18,19)17-11-3-2-6-20-8-11/h10-11,14,17H,2-8H2,1H3,(H,15,16). The van der Waals surface area contributed by atoms with Gasteiger partial charge >= 0.3 is 0 Å². The van der Waals surface area contributed by atoms with Crippen molar-refractivity contribution in [2.45, 2.75) is 56.3 Å². The molecular weight excluding hydrogens is 308 g/mol. The van der Waals surface area contributed by atoms with Crippen molar-refractivity contribution in [3.05, 3.63) is 11.3 Å². The highest BCUT2D eigenvalue weighted by atomic mass is 32.2. The Kier molecular flexibility index (Phi) is 4.58. The molecule has 0 bridgehead atoms. The van der Waals surface area contributed by atoms with Gasteiger partial charge < -0.3 is 5.32 Å². The van der Waals surface area contributed by atoms with Gasteiger partial charge in [0.15, 0.2) is 5.03 Å². The Morgan fingerprint density at radius 1 is 1.33 bits per heavy atom. The van der Waals surface area contributed by atoms with Crippen molar-refractivity contribution in [2.24, 2.45) is 0 Å². The highest BCUT2D eigenvalue weighted by Crippen LogP contribution is 2.23. The molecule has 0 radical (unpaired) electrons. The summed E-state index contributed by atoms with van der Waals surface area (Å²) in [6.07, 6.45) is 4.33. The summed E-state index contributed by atoms with van der Waals surface area (Å²) in [5.41, 5.74) is 1.58. The van der Waals surface area contributed by atoms with Gasteiger partial charge in [-0.2, -0.15) is 16.9 Å². The van der Waals surface area contributed by atoms with Gasteiger partial charge in [-0.1, -0.05) is 0 Å². The molecule has 3 N–H and O–H groups in total. The Bertz CT molecular complexity index is 589. The van der Waals surface area contributed by atoms with Crippen molar-refractivity contribution in [2.75, 3.05) is 11.5 Å². The molecule has 0 spiro atoms. The van der Waals surface area contributed by atoms with E-state index in [4.69, 9.17) is 0 Å². The van der Waals surface area contributed by atoms with E-state index in [2.05, 4.69) is 20.2 Å². The van der Waals surface area contributed by atoms with E-state index < -0.39 is 10.0 Å². The quantitative estimate of drug-likeness (QED) is 0.728. The van der Waals surface area contributed by atoms with Gasteiger partial charge in [0.25, 0.3) is 10.0 Å². The van der Waals surface area contributed by atoms with E-state index in [1.54, 1.807) is 11.8 Å². The van der Waals surface area contributed by atoms with Crippen LogP contribution in [0.3, 0.4) is 0 Å². The number of nitrogens with one attached hydrogen (secondary N) is 3. The van der Waals surface area contributed by atoms with Gasteiger partial charge in [-0.15, -0.1) is 0 Å². The number of hydrogen-bond acceptors (Lipinski definition) is 5. The molecule has 1 aromatic heterocycles. The minimum Gasteiger partial charge on any atom is -0.310 e. The lowest BCUT2D eigenvalue weighted by Crippen LogP contribution is -2.39. The molecule has 1 unspecified atom stereocenters. The van der Waals surface area contributed by atoms with Gasteiger partial charge in [0, 0.05) is 35.6 Å². The molecule has 3 rings (SSSR count). The largest absolute Gasteiger partial charge is 0.310 e. The van der Waals surface area contributed by atoms with Gasteiger partial charge in [-0.05, 0) is 38.4 Å². The molecule has 0 amide bonds. The third kappa shape index (κ3) is 3.80. The maximum Gasteiger partial charge on any atom is 0.260 e. The lowest BCUT2D eigenvalue weighted by Gasteiger charge is -2.22. The Morgan fingerprint density at radius 2 is 2.14 bits per heavy atom. The summed E-state index contributed by atoms with van der Waals surface area (Å²) in [6.45, 7) is 2.43. The molecule has 2 aliphatic rings. The molecule has 1 atom stereocenters. The lowest BCUT2D eigenvalue weighted by molar-refractivity contribution is 0.538. The van der Waals surface area contributed by atoms with E-state index in [-0.39, 0.29) is 11.1 Å². The summed E-state index contributed by atoms with van der Waals surface area (Å²) in [5, 5.41) is 10.4. The van der Waals surface area contributed by atoms with Crippen LogP contribution in [0.1, 0.15) is 36.9 Å². The van der Waals surface area contributed by atoms with Crippen LogP contribution in [0.25, 0.3) is 0 Å². The van der Waals surface area contributed by atoms with Gasteiger partial charge in [-0.3, -0.25) is 5.10 Å². The van der Waals surface area contributed by atoms with Gasteiger partial charge in [-0.25, -0.2) is 13.1 Å². The van der Waals surface area contributed by atoms with Crippen molar-refractivity contribution < 1.29 is 8.42 Å². The topological polar surface area (TPSA) is 86.9 Å². The van der Waals surface area contributed by atoms with Crippen LogP contribution < -0.4 is 10.0 Å². The van der Waals surface area contributed by atoms with Crippen LogP contribution in [0.15, 0.2) is 5.03 Å². The fourth-order valence-corrected chi connectivity index (χ4v) is 5.15. The third-order valence-electron chi connectivity index (χ3n) is 3.92. The fourth-order valence-electron chi connectivity index (χ4n) is 2.50. The Hall–Kier alpha value is -0.570. The molecule has 6 nitrogen and oxygen atoms in total. The highest BCUT2D eigenvalue weighted by Gasteiger charge is 2.29. The number of rotatable bonds is 6. The maximum absolute atomic E-state index is 12.6. The minimum atomic E-state index is -3.54. The van der Waals surface area contributed by atoms with Gasteiger partial charge in [0.2, 0.25) is 0 Å². The summed E-state index contributed by atoms with van der Waals surface area (Å²) < 4.78 is 27.9. The zero-order valence-corrected chi connectivity index (χ0v) is 13.8. The fraction of sp³-hybridized carbons (Fsp3) is 0.769. The van der Waals surface area contributed by atoms with Crippen molar-refractivity contribution in [3.8, 4) is 0 Å². The van der Waals surface area contributed by atoms with Crippen molar-refractivity contribution in [3.63, 3.8) is 0 Å². The minimum absolute atomic E-state index is 0.0231. The van der Waals surface area contributed by atoms with Crippen LogP contribution in [0.2, 0.25) is 0 Å². The second-order valence-corrected chi connectivity index (χ2v) is 8.60. The average Bonchev–Trinajstić information content (AvgIpc) is 3.20. The number of nitrogens with zero attached hydrogens (tertiary/aromatic N) is 1. The lowest BCUT2D eigenvalue weighted by atomic mass is 10.2. The molecule has 1 saturated carbocycles. The summed E-state index contributed by atoms with van der Waals surface area (Å²) in [6, 6.07) is 0.563. The van der Waals surface area contributed by atoms with Crippen LogP contribution in [0.5, 0.6) is 0 Å². The zero-order valence-electron chi connectivity index (χ0n) is 12.2. The Balaban J connectivity index is 1.73. The van der Waals surface area contributed by atoms with Crippen molar-refractivity contribution in [1.82, 2.24) is 20.2 Å². The highest BCUT2D eigenvalue weighted by molar-refractivity contribution is 7.99. The molecule has 1 aromatic rings. The third-order valence-corrected chi connectivity index (χ3v) is 6.62. The van der Waals surface area contributed by atoms with Gasteiger partial charge in [0.1, 0.15) is 0 Å². The Morgan fingerprint density at radius 3 is 2.81 bits per heavy atom. The first-order chi connectivity index (χ1) is 10.1. The molecule has 0 aromatic carbocycles. The number of thioether (sulfide) groups is 1. The predicted octanol–water partition coefficient (Wildman–Crippen LogP) is 1.14. The van der Waals surface area contributed by atoms with E-state index in [9.17, 15) is 8.42 Å². The maximum atomic E-state index is 12.6. The first-order valence-electron chi connectivity index (χ1n) is 7.43. The van der Waals surface area contributed by atoms with Crippen LogP contribution in [0, 0.1) is 6.92 Å². The van der Waals surface area contributed by atoms with Crippen LogP contribution in [0.4, 0.5) is 0 Å². The van der Waals surface area contributed by atoms with Gasteiger partial charge in [0.05, 0.1) is 0 Å². The van der Waals surface area contributed by atoms with Crippen molar-refractivity contribution >= 4 is 21.8 Å². The predicted molar refractivity (Wildman–Crippen MR) is 83.9 cm³/mol. The molecule has 21 heavy (non-hydrogen) atoms. The number of aromatic amines is 1. The molecule has 1 aliphatic carbocycles. The van der Waals surface area contributed by atoms with E-state index in [0.717, 1.165) is 35.6 Å². The zero-order chi connectivity index (χ0) is 14.9. The number of H-pyrrole nitrogens is 1. The summed E-state index contributed by atoms with van der Waals surface area (Å²) in [5.74, 6) is 1.97. The average molecular weight is 330 g/mol. The first-order valence-corrected chi connectivity index (χ1v) is 10.1. The van der Waals surface area contributed by atoms with E-state index in [1.165, 1.54) is 12.8 Å². The molecular formula is C13H22N4O2S2. The van der Waals surface area contributed by atoms with E-state index in [0.29, 0.717) is 12.6 Å². The van der Waals surface area contributed by atoms with Crippen LogP contribution >= 0.6 is 11.8 Å². The second-order valence-electron chi connectivity index (χ2n) is 5.82. The summed E-state index contributed by atoms with van der Waals surface area (Å²) in [7, 11) is -3.54. The normalized spacial score (nSPS) is 23.4. The summed E-state index contributed by atoms with van der Waals surface area (Å²) in [4.78, 5) is 0. The molecule has 2 fully saturated rings. The van der Waals surface area contributed by atoms with Crippen molar-refractivity contribution in [1.29, 1.82) is 0 Å². The molecule has 8 heteroatoms. The number of aromatic nitrogens is 2. The smallest absolute Gasteiger partial charge is 0.260 e. The Labute approximate surface area is 129 Å². The van der Waals surface area contributed by atoms with Crippen LogP contribution in [-0.2, 0) is 16.6 Å². The monoisotopic (exact) mass is 330 g/mol. The molecule has 1 aliphatic heterocycles. The van der Waals surface area contributed by atoms with E-state index >= 15 is 0 Å². The number of aryl methyl sites for hydroxylation is 1.